The Morgan fingerprint density at radius 1 is 0.818 bits per heavy atom. The van der Waals surface area contributed by atoms with Gasteiger partial charge in [0.15, 0.2) is 0 Å². The first-order valence-electron chi connectivity index (χ1n) is 11.2. The van der Waals surface area contributed by atoms with Gasteiger partial charge in [0.25, 0.3) is 0 Å². The monoisotopic (exact) mass is 459 g/mol. The zero-order valence-corrected chi connectivity index (χ0v) is 19.7. The predicted molar refractivity (Wildman–Crippen MR) is 133 cm³/mol. The number of sulfonamides is 1. The van der Waals surface area contributed by atoms with E-state index >= 15 is 0 Å². The smallest absolute Gasteiger partial charge is 0.244 e. The van der Waals surface area contributed by atoms with Crippen LogP contribution in [0.5, 0.6) is 0 Å². The second-order valence-electron chi connectivity index (χ2n) is 8.34. The van der Waals surface area contributed by atoms with Crippen LogP contribution in [0.15, 0.2) is 102 Å². The van der Waals surface area contributed by atoms with E-state index in [0.29, 0.717) is 18.7 Å². The van der Waals surface area contributed by atoms with Gasteiger partial charge in [-0.15, -0.1) is 0 Å². The second kappa shape index (κ2) is 10.1. The lowest BCUT2D eigenvalue weighted by atomic mass is 9.89. The molecule has 0 fully saturated rings. The molecule has 0 aliphatic heterocycles. The van der Waals surface area contributed by atoms with Gasteiger partial charge in [0.2, 0.25) is 10.0 Å². The van der Waals surface area contributed by atoms with E-state index in [2.05, 4.69) is 34.1 Å². The van der Waals surface area contributed by atoms with Crippen LogP contribution in [0, 0.1) is 0 Å². The van der Waals surface area contributed by atoms with Crippen molar-refractivity contribution in [2.75, 3.05) is 6.54 Å². The Balaban J connectivity index is 1.58. The summed E-state index contributed by atoms with van der Waals surface area (Å²) in [6.07, 6.45) is 2.27. The SMILES string of the molecule is CC(C)n1cc(S(=O)(=O)NCCC(c2ccccc2)c2ccccc2)c(-c2ccccc2)n1. The van der Waals surface area contributed by atoms with Gasteiger partial charge in [-0.05, 0) is 31.4 Å². The van der Waals surface area contributed by atoms with Crippen LogP contribution in [-0.4, -0.2) is 24.7 Å². The molecule has 0 atom stereocenters. The van der Waals surface area contributed by atoms with Crippen molar-refractivity contribution in [2.24, 2.45) is 0 Å². The first-order valence-corrected chi connectivity index (χ1v) is 12.7. The van der Waals surface area contributed by atoms with E-state index < -0.39 is 10.0 Å². The Morgan fingerprint density at radius 3 is 1.85 bits per heavy atom. The predicted octanol–water partition coefficient (Wildman–Crippen LogP) is 5.63. The summed E-state index contributed by atoms with van der Waals surface area (Å²) in [6, 6.07) is 29.9. The quantitative estimate of drug-likeness (QED) is 0.353. The number of rotatable bonds is 9. The Labute approximate surface area is 196 Å². The van der Waals surface area contributed by atoms with Crippen LogP contribution >= 0.6 is 0 Å². The average Bonchev–Trinajstić information content (AvgIpc) is 3.31. The number of hydrogen-bond donors (Lipinski definition) is 1. The minimum atomic E-state index is -3.75. The van der Waals surface area contributed by atoms with Crippen molar-refractivity contribution in [1.82, 2.24) is 14.5 Å². The Hall–Kier alpha value is -3.22. The molecule has 5 nitrogen and oxygen atoms in total. The first kappa shape index (κ1) is 23.0. The van der Waals surface area contributed by atoms with Gasteiger partial charge < -0.3 is 0 Å². The minimum absolute atomic E-state index is 0.0527. The molecule has 0 saturated carbocycles. The van der Waals surface area contributed by atoms with Gasteiger partial charge in [-0.25, -0.2) is 13.1 Å². The fourth-order valence-electron chi connectivity index (χ4n) is 3.94. The highest BCUT2D eigenvalue weighted by Gasteiger charge is 2.25. The average molecular weight is 460 g/mol. The lowest BCUT2D eigenvalue weighted by molar-refractivity contribution is 0.532. The molecule has 0 amide bonds. The molecule has 0 saturated heterocycles. The van der Waals surface area contributed by atoms with Gasteiger partial charge in [-0.1, -0.05) is 91.0 Å². The van der Waals surface area contributed by atoms with E-state index in [4.69, 9.17) is 0 Å². The summed E-state index contributed by atoms with van der Waals surface area (Å²) >= 11 is 0. The standard InChI is InChI=1S/C27H29N3O2S/c1-21(2)30-20-26(27(29-30)24-16-10-5-11-17-24)33(31,32)28-19-18-25(22-12-6-3-7-13-22)23-14-8-4-9-15-23/h3-17,20-21,25,28H,18-19H2,1-2H3. The fraction of sp³-hybridized carbons (Fsp3) is 0.222. The maximum Gasteiger partial charge on any atom is 0.244 e. The third-order valence-corrected chi connectivity index (χ3v) is 7.16. The maximum absolute atomic E-state index is 13.4. The molecule has 6 heteroatoms. The van der Waals surface area contributed by atoms with Gasteiger partial charge in [0.05, 0.1) is 0 Å². The number of aromatic nitrogens is 2. The van der Waals surface area contributed by atoms with Crippen molar-refractivity contribution < 1.29 is 8.42 Å². The number of nitrogens with zero attached hydrogens (tertiary/aromatic N) is 2. The molecule has 0 radical (unpaired) electrons. The molecule has 1 aromatic heterocycles. The minimum Gasteiger partial charge on any atom is -0.268 e. The van der Waals surface area contributed by atoms with Crippen LogP contribution in [0.3, 0.4) is 0 Å². The third-order valence-electron chi connectivity index (χ3n) is 5.69. The molecule has 33 heavy (non-hydrogen) atoms. The Kier molecular flexibility index (Phi) is 7.06. The van der Waals surface area contributed by atoms with Crippen molar-refractivity contribution in [3.8, 4) is 11.3 Å². The van der Waals surface area contributed by atoms with Crippen LogP contribution in [0.25, 0.3) is 11.3 Å². The molecule has 1 N–H and O–H groups in total. The van der Waals surface area contributed by atoms with Crippen molar-refractivity contribution in [3.05, 3.63) is 108 Å². The van der Waals surface area contributed by atoms with E-state index in [0.717, 1.165) is 5.56 Å². The van der Waals surface area contributed by atoms with E-state index in [-0.39, 0.29) is 16.9 Å². The molecule has 3 aromatic carbocycles. The molecule has 1 heterocycles. The van der Waals surface area contributed by atoms with Gasteiger partial charge in [-0.3, -0.25) is 4.68 Å². The summed E-state index contributed by atoms with van der Waals surface area (Å²) in [5.74, 6) is 0.0991. The molecule has 0 unspecified atom stereocenters. The van der Waals surface area contributed by atoms with Crippen molar-refractivity contribution in [3.63, 3.8) is 0 Å². The van der Waals surface area contributed by atoms with Gasteiger partial charge >= 0.3 is 0 Å². The lowest BCUT2D eigenvalue weighted by Crippen LogP contribution is -2.26. The summed E-state index contributed by atoms with van der Waals surface area (Å²) in [5, 5.41) is 4.58. The van der Waals surface area contributed by atoms with Crippen LogP contribution in [0.1, 0.15) is 43.4 Å². The highest BCUT2D eigenvalue weighted by molar-refractivity contribution is 7.89. The number of nitrogens with one attached hydrogen (secondary N) is 1. The van der Waals surface area contributed by atoms with Crippen LogP contribution in [0.2, 0.25) is 0 Å². The van der Waals surface area contributed by atoms with Crippen LogP contribution in [0.4, 0.5) is 0 Å². The summed E-state index contributed by atoms with van der Waals surface area (Å²) in [5.41, 5.74) is 3.59. The Bertz CT molecular complexity index is 1230. The molecular weight excluding hydrogens is 430 g/mol. The van der Waals surface area contributed by atoms with E-state index in [9.17, 15) is 8.42 Å². The van der Waals surface area contributed by atoms with Crippen LogP contribution in [-0.2, 0) is 10.0 Å². The molecular formula is C27H29N3O2S. The lowest BCUT2D eigenvalue weighted by Gasteiger charge is -2.18. The van der Waals surface area contributed by atoms with Gasteiger partial charge in [0.1, 0.15) is 10.6 Å². The molecule has 0 aliphatic rings. The largest absolute Gasteiger partial charge is 0.268 e. The number of benzene rings is 3. The maximum atomic E-state index is 13.4. The molecule has 0 aliphatic carbocycles. The summed E-state index contributed by atoms with van der Waals surface area (Å²) in [4.78, 5) is 0.207. The van der Waals surface area contributed by atoms with Crippen molar-refractivity contribution in [1.29, 1.82) is 0 Å². The van der Waals surface area contributed by atoms with Crippen molar-refractivity contribution >= 4 is 10.0 Å². The van der Waals surface area contributed by atoms with Crippen LogP contribution < -0.4 is 4.72 Å². The highest BCUT2D eigenvalue weighted by Crippen LogP contribution is 2.29. The van der Waals surface area contributed by atoms with Gasteiger partial charge in [0, 0.05) is 30.3 Å². The summed E-state index contributed by atoms with van der Waals surface area (Å²) < 4.78 is 31.2. The topological polar surface area (TPSA) is 64.0 Å². The zero-order valence-electron chi connectivity index (χ0n) is 18.9. The normalized spacial score (nSPS) is 11.9. The second-order valence-corrected chi connectivity index (χ2v) is 10.1. The highest BCUT2D eigenvalue weighted by atomic mass is 32.2. The fourth-order valence-corrected chi connectivity index (χ4v) is 5.15. The van der Waals surface area contributed by atoms with Gasteiger partial charge in [-0.2, -0.15) is 5.10 Å². The molecule has 4 rings (SSSR count). The van der Waals surface area contributed by atoms with E-state index in [1.165, 1.54) is 11.1 Å². The summed E-state index contributed by atoms with van der Waals surface area (Å²) in [6.45, 7) is 4.28. The van der Waals surface area contributed by atoms with E-state index in [1.54, 1.807) is 10.9 Å². The molecule has 4 aromatic rings. The summed E-state index contributed by atoms with van der Waals surface area (Å²) in [7, 11) is -3.75. The van der Waals surface area contributed by atoms with Crippen molar-refractivity contribution in [2.45, 2.75) is 37.1 Å². The Morgan fingerprint density at radius 2 is 1.33 bits per heavy atom. The molecule has 0 bridgehead atoms. The first-order chi connectivity index (χ1) is 16.0. The van der Waals surface area contributed by atoms with E-state index in [1.807, 2.05) is 80.6 Å². The molecule has 170 valence electrons. The third kappa shape index (κ3) is 5.41. The zero-order chi connectivity index (χ0) is 23.3. The number of hydrogen-bond acceptors (Lipinski definition) is 3. The molecule has 0 spiro atoms.